The summed E-state index contributed by atoms with van der Waals surface area (Å²) in [5.41, 5.74) is -0.817. The van der Waals surface area contributed by atoms with E-state index in [4.69, 9.17) is 8.94 Å². The molecule has 0 aliphatic heterocycles. The van der Waals surface area contributed by atoms with Gasteiger partial charge in [-0.05, 0) is 19.1 Å². The molecule has 0 bridgehead atoms. The van der Waals surface area contributed by atoms with Gasteiger partial charge in [0.1, 0.15) is 23.0 Å². The van der Waals surface area contributed by atoms with Crippen LogP contribution in [0.1, 0.15) is 22.1 Å². The lowest BCUT2D eigenvalue weighted by atomic mass is 10.2. The number of nitrogens with one attached hydrogen (secondary N) is 1. The molecule has 0 unspecified atom stereocenters. The molecule has 128 valence electrons. The Kier molecular flexibility index (Phi) is 4.38. The van der Waals surface area contributed by atoms with Gasteiger partial charge in [0, 0.05) is 12.1 Å². The molecule has 0 radical (unpaired) electrons. The quantitative estimate of drug-likeness (QED) is 0.777. The lowest BCUT2D eigenvalue weighted by Crippen LogP contribution is -2.24. The summed E-state index contributed by atoms with van der Waals surface area (Å²) in [6, 6.07) is 5.61. The van der Waals surface area contributed by atoms with Crippen LogP contribution in [0.4, 0.5) is 8.78 Å². The molecular formula is C16H11F2N3O4. The van der Waals surface area contributed by atoms with Crippen molar-refractivity contribution in [2.24, 2.45) is 0 Å². The summed E-state index contributed by atoms with van der Waals surface area (Å²) < 4.78 is 37.3. The number of carbonyl (C=O) groups is 1. The molecule has 0 aliphatic rings. The predicted octanol–water partition coefficient (Wildman–Crippen LogP) is 2.21. The molecule has 7 nitrogen and oxygen atoms in total. The second kappa shape index (κ2) is 6.63. The van der Waals surface area contributed by atoms with Crippen molar-refractivity contribution in [1.82, 2.24) is 15.5 Å². The molecule has 2 aromatic heterocycles. The highest BCUT2D eigenvalue weighted by Crippen LogP contribution is 2.24. The van der Waals surface area contributed by atoms with E-state index in [-0.39, 0.29) is 35.2 Å². The highest BCUT2D eigenvalue weighted by Gasteiger charge is 2.18. The van der Waals surface area contributed by atoms with Crippen LogP contribution in [0, 0.1) is 18.6 Å². The summed E-state index contributed by atoms with van der Waals surface area (Å²) in [6.07, 6.45) is 0. The third-order valence-electron chi connectivity index (χ3n) is 3.17. The zero-order valence-corrected chi connectivity index (χ0v) is 12.9. The molecule has 3 aromatic rings. The molecule has 1 amide bonds. The minimum Gasteiger partial charge on any atom is -0.456 e. The number of aryl methyl sites for hydroxylation is 1. The summed E-state index contributed by atoms with van der Waals surface area (Å²) in [5.74, 6) is -2.59. The largest absolute Gasteiger partial charge is 0.456 e. The Morgan fingerprint density at radius 3 is 2.64 bits per heavy atom. The number of rotatable bonds is 4. The zero-order valence-electron chi connectivity index (χ0n) is 12.9. The lowest BCUT2D eigenvalue weighted by Gasteiger charge is -2.02. The van der Waals surface area contributed by atoms with Crippen LogP contribution >= 0.6 is 0 Å². The maximum Gasteiger partial charge on any atom is 0.287 e. The summed E-state index contributed by atoms with van der Waals surface area (Å²) in [6.45, 7) is 1.35. The smallest absolute Gasteiger partial charge is 0.287 e. The van der Waals surface area contributed by atoms with Crippen molar-refractivity contribution in [2.75, 3.05) is 0 Å². The summed E-state index contributed by atoms with van der Waals surface area (Å²) >= 11 is 0. The van der Waals surface area contributed by atoms with Gasteiger partial charge in [-0.2, -0.15) is 4.98 Å². The van der Waals surface area contributed by atoms with Crippen molar-refractivity contribution in [3.8, 4) is 11.5 Å². The normalized spacial score (nSPS) is 10.7. The third kappa shape index (κ3) is 3.60. The van der Waals surface area contributed by atoms with Gasteiger partial charge in [-0.3, -0.25) is 9.59 Å². The number of benzene rings is 1. The second-order valence-electron chi connectivity index (χ2n) is 5.06. The standard InChI is InChI=1S/C16H11F2N3O4/c1-8-5-9(22)6-12(24-8)15(23)19-7-13-20-16(25-21-13)14-10(17)3-2-4-11(14)18/h2-6H,7H2,1H3,(H,19,23). The first-order chi connectivity index (χ1) is 11.9. The van der Waals surface area contributed by atoms with Crippen LogP contribution in [0.2, 0.25) is 0 Å². The van der Waals surface area contributed by atoms with E-state index in [2.05, 4.69) is 15.5 Å². The number of carbonyl (C=O) groups excluding carboxylic acids is 1. The van der Waals surface area contributed by atoms with E-state index in [0.29, 0.717) is 0 Å². The van der Waals surface area contributed by atoms with Crippen molar-refractivity contribution in [3.63, 3.8) is 0 Å². The van der Waals surface area contributed by atoms with Gasteiger partial charge in [-0.25, -0.2) is 8.78 Å². The summed E-state index contributed by atoms with van der Waals surface area (Å²) in [5, 5.41) is 5.97. The van der Waals surface area contributed by atoms with Crippen LogP contribution in [0.25, 0.3) is 11.5 Å². The topological polar surface area (TPSA) is 98.2 Å². The molecule has 0 saturated carbocycles. The number of amides is 1. The first-order valence-corrected chi connectivity index (χ1v) is 7.11. The first-order valence-electron chi connectivity index (χ1n) is 7.11. The monoisotopic (exact) mass is 347 g/mol. The molecule has 0 spiro atoms. The first kappa shape index (κ1) is 16.5. The highest BCUT2D eigenvalue weighted by molar-refractivity contribution is 5.91. The number of hydrogen-bond donors (Lipinski definition) is 1. The van der Waals surface area contributed by atoms with Gasteiger partial charge in [-0.1, -0.05) is 11.2 Å². The summed E-state index contributed by atoms with van der Waals surface area (Å²) in [4.78, 5) is 27.2. The van der Waals surface area contributed by atoms with Crippen molar-refractivity contribution in [2.45, 2.75) is 13.5 Å². The second-order valence-corrected chi connectivity index (χ2v) is 5.06. The fourth-order valence-electron chi connectivity index (χ4n) is 2.09. The Hall–Kier alpha value is -3.36. The van der Waals surface area contributed by atoms with Gasteiger partial charge < -0.3 is 14.3 Å². The molecule has 0 fully saturated rings. The minimum atomic E-state index is -0.847. The maximum absolute atomic E-state index is 13.7. The van der Waals surface area contributed by atoms with Gasteiger partial charge >= 0.3 is 0 Å². The van der Waals surface area contributed by atoms with Gasteiger partial charge in [0.2, 0.25) is 0 Å². The molecule has 9 heteroatoms. The summed E-state index contributed by atoms with van der Waals surface area (Å²) in [7, 11) is 0. The van der Waals surface area contributed by atoms with Crippen LogP contribution in [-0.2, 0) is 6.54 Å². The highest BCUT2D eigenvalue weighted by atomic mass is 19.1. The third-order valence-corrected chi connectivity index (χ3v) is 3.17. The number of nitrogens with zero attached hydrogens (tertiary/aromatic N) is 2. The van der Waals surface area contributed by atoms with Crippen LogP contribution in [0.15, 0.2) is 44.1 Å². The Labute approximate surface area is 139 Å². The van der Waals surface area contributed by atoms with Crippen molar-refractivity contribution in [1.29, 1.82) is 0 Å². The zero-order chi connectivity index (χ0) is 18.0. The van der Waals surface area contributed by atoms with E-state index in [1.807, 2.05) is 0 Å². The maximum atomic E-state index is 13.7. The number of aromatic nitrogens is 2. The fraction of sp³-hybridized carbons (Fsp3) is 0.125. The van der Waals surface area contributed by atoms with E-state index in [1.54, 1.807) is 0 Å². The number of hydrogen-bond acceptors (Lipinski definition) is 6. The molecule has 2 heterocycles. The van der Waals surface area contributed by atoms with Crippen LogP contribution in [-0.4, -0.2) is 16.0 Å². The Balaban J connectivity index is 1.74. The molecular weight excluding hydrogens is 336 g/mol. The van der Waals surface area contributed by atoms with E-state index in [9.17, 15) is 18.4 Å². The Bertz CT molecular complexity index is 977. The molecule has 25 heavy (non-hydrogen) atoms. The van der Waals surface area contributed by atoms with Crippen molar-refractivity contribution >= 4 is 5.91 Å². The van der Waals surface area contributed by atoms with Crippen LogP contribution in [0.3, 0.4) is 0 Å². The van der Waals surface area contributed by atoms with E-state index < -0.39 is 23.1 Å². The molecule has 3 rings (SSSR count). The van der Waals surface area contributed by atoms with Crippen LogP contribution in [0.5, 0.6) is 0 Å². The molecule has 1 N–H and O–H groups in total. The van der Waals surface area contributed by atoms with E-state index in [0.717, 1.165) is 18.2 Å². The Morgan fingerprint density at radius 2 is 1.96 bits per heavy atom. The lowest BCUT2D eigenvalue weighted by molar-refractivity contribution is 0.0917. The van der Waals surface area contributed by atoms with Gasteiger partial charge in [0.15, 0.2) is 17.0 Å². The minimum absolute atomic E-state index is 0.000929. The van der Waals surface area contributed by atoms with Crippen molar-refractivity contribution in [3.05, 3.63) is 69.5 Å². The molecule has 0 saturated heterocycles. The van der Waals surface area contributed by atoms with E-state index >= 15 is 0 Å². The average Bonchev–Trinajstić information content (AvgIpc) is 3.00. The molecule has 0 atom stereocenters. The van der Waals surface area contributed by atoms with Gasteiger partial charge in [-0.15, -0.1) is 0 Å². The average molecular weight is 347 g/mol. The number of halogens is 2. The SMILES string of the molecule is Cc1cc(=O)cc(C(=O)NCc2noc(-c3c(F)cccc3F)n2)o1. The van der Waals surface area contributed by atoms with Crippen LogP contribution < -0.4 is 10.7 Å². The predicted molar refractivity (Wildman–Crippen MR) is 80.5 cm³/mol. The van der Waals surface area contributed by atoms with Gasteiger partial charge in [0.05, 0.1) is 6.54 Å². The Morgan fingerprint density at radius 1 is 1.24 bits per heavy atom. The van der Waals surface area contributed by atoms with E-state index in [1.165, 1.54) is 19.1 Å². The fourth-order valence-corrected chi connectivity index (χ4v) is 2.09. The molecule has 0 aliphatic carbocycles. The molecule has 1 aromatic carbocycles. The van der Waals surface area contributed by atoms with Gasteiger partial charge in [0.25, 0.3) is 11.8 Å². The van der Waals surface area contributed by atoms with Crippen molar-refractivity contribution < 1.29 is 22.5 Å².